The van der Waals surface area contributed by atoms with Gasteiger partial charge in [0.15, 0.2) is 0 Å². The van der Waals surface area contributed by atoms with Gasteiger partial charge in [-0.25, -0.2) is 4.79 Å². The van der Waals surface area contributed by atoms with Gasteiger partial charge < -0.3 is 15.4 Å². The minimum atomic E-state index is -0.0736. The molecule has 0 atom stereocenters. The number of nitrogens with zero attached hydrogens (tertiary/aromatic N) is 1. The summed E-state index contributed by atoms with van der Waals surface area (Å²) in [6.07, 6.45) is 1.85. The molecule has 0 spiro atoms. The number of aryl methyl sites for hydroxylation is 1. The highest BCUT2D eigenvalue weighted by atomic mass is 16.5. The molecule has 2 N–H and O–H groups in total. The zero-order valence-electron chi connectivity index (χ0n) is 13.4. The molecule has 1 aliphatic heterocycles. The number of carbonyl (C=O) groups excluding carboxylic acids is 1. The Hall–Kier alpha value is -1.59. The number of benzene rings is 1. The summed E-state index contributed by atoms with van der Waals surface area (Å²) in [5.41, 5.74) is 2.56. The molecule has 5 heteroatoms. The van der Waals surface area contributed by atoms with Gasteiger partial charge in [0, 0.05) is 26.2 Å². The summed E-state index contributed by atoms with van der Waals surface area (Å²) in [5.74, 6) is 0. The molecule has 1 aliphatic rings. The molecule has 1 aromatic rings. The third-order valence-corrected chi connectivity index (χ3v) is 3.98. The second-order valence-corrected chi connectivity index (χ2v) is 5.67. The first kappa shape index (κ1) is 16.8. The normalized spacial score (nSPS) is 15.5. The van der Waals surface area contributed by atoms with Crippen molar-refractivity contribution in [3.05, 3.63) is 35.4 Å². The third-order valence-electron chi connectivity index (χ3n) is 3.98. The predicted molar refractivity (Wildman–Crippen MR) is 88.2 cm³/mol. The number of hydrogen-bond donors (Lipinski definition) is 2. The van der Waals surface area contributed by atoms with E-state index in [2.05, 4.69) is 34.6 Å². The lowest BCUT2D eigenvalue weighted by molar-refractivity contribution is 0.0375. The Kier molecular flexibility index (Phi) is 7.19. The molecule has 2 amide bonds. The van der Waals surface area contributed by atoms with Crippen LogP contribution >= 0.6 is 0 Å². The summed E-state index contributed by atoms with van der Waals surface area (Å²) in [4.78, 5) is 14.1. The molecule has 1 saturated heterocycles. The number of nitrogens with one attached hydrogen (secondary N) is 2. The fourth-order valence-electron chi connectivity index (χ4n) is 2.59. The summed E-state index contributed by atoms with van der Waals surface area (Å²) in [5, 5.41) is 5.83. The monoisotopic (exact) mass is 305 g/mol. The molecular weight excluding hydrogens is 278 g/mol. The number of rotatable bonds is 7. The minimum absolute atomic E-state index is 0.0736. The van der Waals surface area contributed by atoms with Gasteiger partial charge in [-0.15, -0.1) is 0 Å². The van der Waals surface area contributed by atoms with Crippen molar-refractivity contribution in [3.63, 3.8) is 0 Å². The zero-order valence-corrected chi connectivity index (χ0v) is 13.4. The van der Waals surface area contributed by atoms with Crippen molar-refractivity contribution in [1.82, 2.24) is 15.5 Å². The predicted octanol–water partition coefficient (Wildman–Crippen LogP) is 1.56. The Bertz CT molecular complexity index is 459. The Morgan fingerprint density at radius 1 is 1.18 bits per heavy atom. The number of amides is 2. The van der Waals surface area contributed by atoms with Crippen molar-refractivity contribution in [2.45, 2.75) is 19.8 Å². The van der Waals surface area contributed by atoms with Crippen molar-refractivity contribution >= 4 is 6.03 Å². The lowest BCUT2D eigenvalue weighted by Gasteiger charge is -2.26. The van der Waals surface area contributed by atoms with Gasteiger partial charge in [-0.3, -0.25) is 4.90 Å². The van der Waals surface area contributed by atoms with Gasteiger partial charge >= 0.3 is 6.03 Å². The Morgan fingerprint density at radius 2 is 1.91 bits per heavy atom. The topological polar surface area (TPSA) is 53.6 Å². The van der Waals surface area contributed by atoms with Crippen LogP contribution in [0.2, 0.25) is 0 Å². The molecule has 1 aromatic carbocycles. The summed E-state index contributed by atoms with van der Waals surface area (Å²) in [6, 6.07) is 8.20. The lowest BCUT2D eigenvalue weighted by Crippen LogP contribution is -2.40. The Morgan fingerprint density at radius 3 is 2.68 bits per heavy atom. The van der Waals surface area contributed by atoms with Crippen LogP contribution in [-0.4, -0.2) is 56.9 Å². The highest BCUT2D eigenvalue weighted by molar-refractivity contribution is 5.73. The molecule has 1 fully saturated rings. The minimum Gasteiger partial charge on any atom is -0.379 e. The van der Waals surface area contributed by atoms with Crippen LogP contribution in [0, 0.1) is 6.92 Å². The van der Waals surface area contributed by atoms with Gasteiger partial charge in [0.05, 0.1) is 13.2 Å². The van der Waals surface area contributed by atoms with E-state index in [1.165, 1.54) is 11.1 Å². The van der Waals surface area contributed by atoms with Crippen LogP contribution in [0.3, 0.4) is 0 Å². The van der Waals surface area contributed by atoms with Crippen LogP contribution in [0.1, 0.15) is 17.5 Å². The number of hydrogen-bond acceptors (Lipinski definition) is 3. The summed E-state index contributed by atoms with van der Waals surface area (Å²) in [6.45, 7) is 8.16. The highest BCUT2D eigenvalue weighted by Gasteiger charge is 2.09. The van der Waals surface area contributed by atoms with E-state index in [4.69, 9.17) is 4.74 Å². The Labute approximate surface area is 133 Å². The Balaban J connectivity index is 1.51. The fraction of sp³-hybridized carbons (Fsp3) is 0.588. The first-order valence-electron chi connectivity index (χ1n) is 8.12. The largest absolute Gasteiger partial charge is 0.379 e. The zero-order chi connectivity index (χ0) is 15.6. The van der Waals surface area contributed by atoms with Crippen LogP contribution in [0.5, 0.6) is 0 Å². The molecule has 0 bridgehead atoms. The maximum absolute atomic E-state index is 11.7. The fourth-order valence-corrected chi connectivity index (χ4v) is 2.59. The van der Waals surface area contributed by atoms with Gasteiger partial charge in [-0.1, -0.05) is 24.3 Å². The van der Waals surface area contributed by atoms with E-state index in [1.807, 2.05) is 12.1 Å². The van der Waals surface area contributed by atoms with Crippen LogP contribution in [-0.2, 0) is 11.2 Å². The molecular formula is C17H27N3O2. The quantitative estimate of drug-likeness (QED) is 0.752. The van der Waals surface area contributed by atoms with Crippen LogP contribution in [0.4, 0.5) is 4.79 Å². The first-order chi connectivity index (χ1) is 10.8. The van der Waals surface area contributed by atoms with Crippen LogP contribution in [0.25, 0.3) is 0 Å². The average molecular weight is 305 g/mol. The molecule has 0 radical (unpaired) electrons. The molecule has 122 valence electrons. The van der Waals surface area contributed by atoms with E-state index in [-0.39, 0.29) is 6.03 Å². The number of morpholine rings is 1. The van der Waals surface area contributed by atoms with Gasteiger partial charge in [0.1, 0.15) is 0 Å². The van der Waals surface area contributed by atoms with Gasteiger partial charge in [-0.05, 0) is 37.4 Å². The van der Waals surface area contributed by atoms with Crippen LogP contribution < -0.4 is 10.6 Å². The van der Waals surface area contributed by atoms with Crippen molar-refractivity contribution in [2.75, 3.05) is 45.9 Å². The van der Waals surface area contributed by atoms with E-state index in [1.54, 1.807) is 0 Å². The van der Waals surface area contributed by atoms with E-state index < -0.39 is 0 Å². The second-order valence-electron chi connectivity index (χ2n) is 5.67. The number of urea groups is 1. The standard InChI is InChI=1S/C17H27N3O2/c1-15-5-2-3-6-16(15)7-9-19-17(21)18-8-4-10-20-11-13-22-14-12-20/h2-3,5-6H,4,7-14H2,1H3,(H2,18,19,21). The van der Waals surface area contributed by atoms with Crippen LogP contribution in [0.15, 0.2) is 24.3 Å². The first-order valence-corrected chi connectivity index (χ1v) is 8.12. The summed E-state index contributed by atoms with van der Waals surface area (Å²) >= 11 is 0. The maximum Gasteiger partial charge on any atom is 0.314 e. The lowest BCUT2D eigenvalue weighted by atomic mass is 10.1. The molecule has 0 unspecified atom stereocenters. The third kappa shape index (κ3) is 6.03. The van der Waals surface area contributed by atoms with E-state index >= 15 is 0 Å². The second kappa shape index (κ2) is 9.43. The van der Waals surface area contributed by atoms with Crippen molar-refractivity contribution in [2.24, 2.45) is 0 Å². The highest BCUT2D eigenvalue weighted by Crippen LogP contribution is 2.06. The molecule has 22 heavy (non-hydrogen) atoms. The van der Waals surface area contributed by atoms with E-state index in [0.29, 0.717) is 13.1 Å². The molecule has 0 aliphatic carbocycles. The average Bonchev–Trinajstić information content (AvgIpc) is 2.54. The summed E-state index contributed by atoms with van der Waals surface area (Å²) in [7, 11) is 0. The molecule has 0 aromatic heterocycles. The van der Waals surface area contributed by atoms with E-state index in [0.717, 1.165) is 45.7 Å². The molecule has 0 saturated carbocycles. The molecule has 5 nitrogen and oxygen atoms in total. The number of carbonyl (C=O) groups is 1. The van der Waals surface area contributed by atoms with Crippen molar-refractivity contribution < 1.29 is 9.53 Å². The van der Waals surface area contributed by atoms with Gasteiger partial charge in [0.25, 0.3) is 0 Å². The smallest absolute Gasteiger partial charge is 0.314 e. The van der Waals surface area contributed by atoms with E-state index in [9.17, 15) is 4.79 Å². The maximum atomic E-state index is 11.7. The molecule has 2 rings (SSSR count). The number of ether oxygens (including phenoxy) is 1. The molecule has 1 heterocycles. The summed E-state index contributed by atoms with van der Waals surface area (Å²) < 4.78 is 5.31. The van der Waals surface area contributed by atoms with Gasteiger partial charge in [-0.2, -0.15) is 0 Å². The van der Waals surface area contributed by atoms with Crippen molar-refractivity contribution in [3.8, 4) is 0 Å². The van der Waals surface area contributed by atoms with Crippen molar-refractivity contribution in [1.29, 1.82) is 0 Å². The SMILES string of the molecule is Cc1ccccc1CCNC(=O)NCCCN1CCOCC1. The van der Waals surface area contributed by atoms with Gasteiger partial charge in [0.2, 0.25) is 0 Å².